The van der Waals surface area contributed by atoms with Gasteiger partial charge in [0.15, 0.2) is 0 Å². The smallest absolute Gasteiger partial charge is 0.337 e. The number of aromatic nitrogens is 2. The first-order valence-electron chi connectivity index (χ1n) is 7.47. The molecule has 1 amide bonds. The lowest BCUT2D eigenvalue weighted by Crippen LogP contribution is -2.23. The number of methoxy groups -OCH3 is 1. The van der Waals surface area contributed by atoms with Crippen LogP contribution >= 0.6 is 0 Å². The third-order valence-electron chi connectivity index (χ3n) is 3.87. The van der Waals surface area contributed by atoms with Gasteiger partial charge in [0.2, 0.25) is 0 Å². The number of nitrogens with one attached hydrogen (secondary N) is 2. The Labute approximate surface area is 138 Å². The van der Waals surface area contributed by atoms with E-state index in [0.29, 0.717) is 17.7 Å². The summed E-state index contributed by atoms with van der Waals surface area (Å²) in [4.78, 5) is 31.1. The second kappa shape index (κ2) is 6.54. The average molecular weight is 323 g/mol. The van der Waals surface area contributed by atoms with Crippen LogP contribution in [0.25, 0.3) is 11.0 Å². The minimum absolute atomic E-state index is 0.214. The quantitative estimate of drug-likeness (QED) is 0.723. The van der Waals surface area contributed by atoms with Crippen LogP contribution in [-0.2, 0) is 11.3 Å². The minimum atomic E-state index is -0.398. The molecule has 2 aromatic heterocycles. The number of aromatic amines is 1. The number of fused-ring (bicyclic) bond motifs is 1. The second-order valence-electron chi connectivity index (χ2n) is 5.46. The summed E-state index contributed by atoms with van der Waals surface area (Å²) < 4.78 is 4.72. The molecule has 122 valence electrons. The largest absolute Gasteiger partial charge is 0.465 e. The molecule has 2 heterocycles. The number of nitrogens with zero attached hydrogens (tertiary/aromatic N) is 1. The lowest BCUT2D eigenvalue weighted by atomic mass is 10.0. The number of amides is 1. The first-order valence-corrected chi connectivity index (χ1v) is 7.47. The Kier molecular flexibility index (Phi) is 4.29. The summed E-state index contributed by atoms with van der Waals surface area (Å²) in [5.41, 5.74) is 3.55. The molecule has 0 saturated heterocycles. The van der Waals surface area contributed by atoms with Crippen molar-refractivity contribution >= 4 is 22.9 Å². The summed E-state index contributed by atoms with van der Waals surface area (Å²) in [6, 6.07) is 8.92. The van der Waals surface area contributed by atoms with Crippen molar-refractivity contribution in [3.63, 3.8) is 0 Å². The highest BCUT2D eigenvalue weighted by molar-refractivity contribution is 5.97. The molecule has 0 radical (unpaired) electrons. The number of carbonyl (C=O) groups is 2. The predicted molar refractivity (Wildman–Crippen MR) is 89.8 cm³/mol. The zero-order valence-corrected chi connectivity index (χ0v) is 13.4. The van der Waals surface area contributed by atoms with Crippen molar-refractivity contribution in [3.8, 4) is 0 Å². The lowest BCUT2D eigenvalue weighted by molar-refractivity contribution is 0.0600. The highest BCUT2D eigenvalue weighted by Gasteiger charge is 2.11. The molecular weight excluding hydrogens is 306 g/mol. The Morgan fingerprint density at radius 3 is 2.83 bits per heavy atom. The molecule has 3 rings (SSSR count). The number of hydrogen-bond donors (Lipinski definition) is 2. The summed E-state index contributed by atoms with van der Waals surface area (Å²) in [7, 11) is 1.34. The van der Waals surface area contributed by atoms with Crippen molar-refractivity contribution in [2.45, 2.75) is 13.5 Å². The molecule has 0 aliphatic carbocycles. The number of esters is 1. The molecule has 6 heteroatoms. The van der Waals surface area contributed by atoms with E-state index >= 15 is 0 Å². The molecule has 1 aromatic carbocycles. The van der Waals surface area contributed by atoms with Crippen LogP contribution in [-0.4, -0.2) is 29.0 Å². The van der Waals surface area contributed by atoms with E-state index in [0.717, 1.165) is 22.2 Å². The van der Waals surface area contributed by atoms with Gasteiger partial charge in [-0.05, 0) is 42.3 Å². The lowest BCUT2D eigenvalue weighted by Gasteiger charge is -2.10. The fourth-order valence-corrected chi connectivity index (χ4v) is 2.45. The Morgan fingerprint density at radius 1 is 1.21 bits per heavy atom. The van der Waals surface area contributed by atoms with Crippen molar-refractivity contribution in [2.24, 2.45) is 0 Å². The number of carbonyl (C=O) groups excluding carboxylic acids is 2. The number of aryl methyl sites for hydroxylation is 1. The maximum atomic E-state index is 12.3. The number of hydrogen-bond acceptors (Lipinski definition) is 4. The van der Waals surface area contributed by atoms with Crippen LogP contribution in [0.3, 0.4) is 0 Å². The van der Waals surface area contributed by atoms with Crippen molar-refractivity contribution < 1.29 is 14.3 Å². The molecule has 0 bridgehead atoms. The number of benzene rings is 1. The molecule has 0 atom stereocenters. The molecule has 0 spiro atoms. The Hall–Kier alpha value is -3.15. The van der Waals surface area contributed by atoms with E-state index in [1.807, 2.05) is 19.1 Å². The van der Waals surface area contributed by atoms with Gasteiger partial charge in [0, 0.05) is 24.3 Å². The maximum Gasteiger partial charge on any atom is 0.337 e. The monoisotopic (exact) mass is 323 g/mol. The summed E-state index contributed by atoms with van der Waals surface area (Å²) in [5, 5.41) is 3.74. The first kappa shape index (κ1) is 15.7. The minimum Gasteiger partial charge on any atom is -0.465 e. The van der Waals surface area contributed by atoms with Crippen LogP contribution in [0.15, 0.2) is 42.7 Å². The van der Waals surface area contributed by atoms with E-state index < -0.39 is 5.97 Å². The van der Waals surface area contributed by atoms with Crippen LogP contribution in [0.1, 0.15) is 31.8 Å². The van der Waals surface area contributed by atoms with Gasteiger partial charge in [-0.2, -0.15) is 0 Å². The number of H-pyrrole nitrogens is 1. The second-order valence-corrected chi connectivity index (χ2v) is 5.46. The van der Waals surface area contributed by atoms with Gasteiger partial charge in [-0.15, -0.1) is 0 Å². The Balaban J connectivity index is 1.74. The first-order chi connectivity index (χ1) is 11.6. The van der Waals surface area contributed by atoms with Gasteiger partial charge in [-0.3, -0.25) is 4.79 Å². The van der Waals surface area contributed by atoms with E-state index in [-0.39, 0.29) is 5.91 Å². The topological polar surface area (TPSA) is 84.1 Å². The van der Waals surface area contributed by atoms with Crippen molar-refractivity contribution in [3.05, 3.63) is 65.0 Å². The molecule has 0 unspecified atom stereocenters. The van der Waals surface area contributed by atoms with Gasteiger partial charge >= 0.3 is 5.97 Å². The Bertz CT molecular complexity index is 915. The van der Waals surface area contributed by atoms with Gasteiger partial charge < -0.3 is 15.0 Å². The average Bonchev–Trinajstić information content (AvgIpc) is 3.07. The van der Waals surface area contributed by atoms with Crippen LogP contribution in [0, 0.1) is 6.92 Å². The number of ether oxygens (including phenoxy) is 1. The molecule has 0 aliphatic rings. The molecule has 2 N–H and O–H groups in total. The number of pyridine rings is 1. The van der Waals surface area contributed by atoms with E-state index in [2.05, 4.69) is 15.3 Å². The zero-order chi connectivity index (χ0) is 17.1. The van der Waals surface area contributed by atoms with E-state index in [1.165, 1.54) is 13.3 Å². The SMILES string of the molecule is COC(=O)c1ccc(C)c(CNC(=O)c2cnc3[nH]ccc3c2)c1. The van der Waals surface area contributed by atoms with Gasteiger partial charge in [0.1, 0.15) is 5.65 Å². The van der Waals surface area contributed by atoms with E-state index in [9.17, 15) is 9.59 Å². The van der Waals surface area contributed by atoms with Gasteiger partial charge in [-0.25, -0.2) is 9.78 Å². The molecule has 0 saturated carbocycles. The fourth-order valence-electron chi connectivity index (χ4n) is 2.45. The van der Waals surface area contributed by atoms with Crippen LogP contribution in [0.4, 0.5) is 0 Å². The van der Waals surface area contributed by atoms with Crippen molar-refractivity contribution in [1.82, 2.24) is 15.3 Å². The van der Waals surface area contributed by atoms with E-state index in [4.69, 9.17) is 4.74 Å². The summed E-state index contributed by atoms with van der Waals surface area (Å²) in [5.74, 6) is -0.613. The van der Waals surface area contributed by atoms with Crippen LogP contribution in [0.5, 0.6) is 0 Å². The van der Waals surface area contributed by atoms with Gasteiger partial charge in [-0.1, -0.05) is 6.07 Å². The van der Waals surface area contributed by atoms with Gasteiger partial charge in [0.05, 0.1) is 18.2 Å². The highest BCUT2D eigenvalue weighted by atomic mass is 16.5. The number of rotatable bonds is 4. The zero-order valence-electron chi connectivity index (χ0n) is 13.4. The summed E-state index contributed by atoms with van der Waals surface area (Å²) >= 11 is 0. The molecule has 0 fully saturated rings. The molecule has 6 nitrogen and oxygen atoms in total. The van der Waals surface area contributed by atoms with Crippen LogP contribution < -0.4 is 5.32 Å². The third-order valence-corrected chi connectivity index (χ3v) is 3.87. The van der Waals surface area contributed by atoms with Crippen molar-refractivity contribution in [1.29, 1.82) is 0 Å². The third kappa shape index (κ3) is 3.12. The molecule has 24 heavy (non-hydrogen) atoms. The fraction of sp³-hybridized carbons (Fsp3) is 0.167. The molecular formula is C18H17N3O3. The van der Waals surface area contributed by atoms with Gasteiger partial charge in [0.25, 0.3) is 5.91 Å². The summed E-state index contributed by atoms with van der Waals surface area (Å²) in [6.07, 6.45) is 3.31. The Morgan fingerprint density at radius 2 is 2.04 bits per heavy atom. The van der Waals surface area contributed by atoms with Crippen LogP contribution in [0.2, 0.25) is 0 Å². The maximum absolute atomic E-state index is 12.3. The standard InChI is InChI=1S/C18H17N3O3/c1-11-3-4-13(18(23)24-2)8-14(11)9-21-17(22)15-7-12-5-6-19-16(12)20-10-15/h3-8,10H,9H2,1-2H3,(H,19,20)(H,21,22). The normalized spacial score (nSPS) is 10.6. The summed E-state index contributed by atoms with van der Waals surface area (Å²) in [6.45, 7) is 2.25. The van der Waals surface area contributed by atoms with E-state index in [1.54, 1.807) is 24.4 Å². The highest BCUT2D eigenvalue weighted by Crippen LogP contribution is 2.14. The molecule has 0 aliphatic heterocycles. The molecule has 3 aromatic rings. The predicted octanol–water partition coefficient (Wildman–Crippen LogP) is 2.59. The van der Waals surface area contributed by atoms with Crippen molar-refractivity contribution in [2.75, 3.05) is 7.11 Å².